The average molecular weight is 339 g/mol. The predicted molar refractivity (Wildman–Crippen MR) is 67.6 cm³/mol. The molecule has 1 rings (SSSR count). The molecule has 9 heteroatoms. The van der Waals surface area contributed by atoms with E-state index in [2.05, 4.69) is 4.98 Å². The van der Waals surface area contributed by atoms with Gasteiger partial charge >= 0.3 is 5.97 Å². The summed E-state index contributed by atoms with van der Waals surface area (Å²) in [6, 6.07) is 0. The van der Waals surface area contributed by atoms with Crippen LogP contribution in [0.15, 0.2) is 4.79 Å². The molecule has 0 fully saturated rings. The van der Waals surface area contributed by atoms with Crippen molar-refractivity contribution >= 4 is 64.0 Å². The van der Waals surface area contributed by atoms with Crippen LogP contribution in [0.4, 0.5) is 0 Å². The zero-order valence-electron chi connectivity index (χ0n) is 8.11. The Morgan fingerprint density at radius 1 is 1.24 bits per heavy atom. The molecule has 17 heavy (non-hydrogen) atoms. The highest BCUT2D eigenvalue weighted by atomic mass is 35.6. The second-order valence-electron chi connectivity index (χ2n) is 2.88. The minimum Gasteiger partial charge on any atom is -0.423 e. The van der Waals surface area contributed by atoms with Crippen molar-refractivity contribution in [2.24, 2.45) is 0 Å². The van der Waals surface area contributed by atoms with Crippen molar-refractivity contribution in [1.82, 2.24) is 4.98 Å². The molecule has 0 amide bonds. The Kier molecular flexibility index (Phi) is 4.60. The average Bonchev–Trinajstić information content (AvgIpc) is 2.16. The molecule has 1 aromatic rings. The Hall–Kier alpha value is -0.130. The molecule has 0 aliphatic rings. The van der Waals surface area contributed by atoms with Gasteiger partial charge in [-0.3, -0.25) is 9.59 Å². The first kappa shape index (κ1) is 14.9. The van der Waals surface area contributed by atoms with Crippen molar-refractivity contribution in [3.05, 3.63) is 26.1 Å². The number of carbonyl (C=O) groups excluding carboxylic acids is 1. The molecule has 1 N–H and O–H groups in total. The number of aromatic amines is 1. The van der Waals surface area contributed by atoms with Crippen LogP contribution in [0, 0.1) is 0 Å². The summed E-state index contributed by atoms with van der Waals surface area (Å²) in [5, 5.41) is -0.645. The van der Waals surface area contributed by atoms with Crippen molar-refractivity contribution in [1.29, 1.82) is 0 Å². The summed E-state index contributed by atoms with van der Waals surface area (Å²) < 4.78 is 2.72. The topological polar surface area (TPSA) is 59.2 Å². The van der Waals surface area contributed by atoms with Gasteiger partial charge in [0.05, 0.1) is 5.69 Å². The maximum absolute atomic E-state index is 11.4. The van der Waals surface area contributed by atoms with Gasteiger partial charge in [-0.2, -0.15) is 0 Å². The number of H-pyrrole nitrogens is 1. The lowest BCUT2D eigenvalue weighted by atomic mass is 10.3. The van der Waals surface area contributed by atoms with Crippen LogP contribution in [-0.2, 0) is 8.59 Å². The number of aromatic nitrogens is 1. The molecule has 0 bridgehead atoms. The first-order chi connectivity index (χ1) is 7.64. The van der Waals surface area contributed by atoms with Gasteiger partial charge in [-0.05, 0) is 0 Å². The maximum Gasteiger partial charge on any atom is 0.308 e. The number of hydrogen-bond donors (Lipinski definition) is 1. The molecular formula is C8H4Cl5NO3. The second kappa shape index (κ2) is 5.24. The number of carbonyl (C=O) groups is 1. The lowest BCUT2D eigenvalue weighted by Gasteiger charge is -2.15. The van der Waals surface area contributed by atoms with Crippen molar-refractivity contribution in [2.75, 3.05) is 0 Å². The van der Waals surface area contributed by atoms with Gasteiger partial charge in [-0.25, -0.2) is 0 Å². The van der Waals surface area contributed by atoms with E-state index >= 15 is 0 Å². The summed E-state index contributed by atoms with van der Waals surface area (Å²) in [5.41, 5.74) is -1.01. The summed E-state index contributed by atoms with van der Waals surface area (Å²) in [6.07, 6.45) is 0. The van der Waals surface area contributed by atoms with Gasteiger partial charge < -0.3 is 9.72 Å². The fourth-order valence-corrected chi connectivity index (χ4v) is 2.09. The van der Waals surface area contributed by atoms with Crippen molar-refractivity contribution in [3.8, 4) is 5.75 Å². The highest BCUT2D eigenvalue weighted by Crippen LogP contribution is 2.44. The Morgan fingerprint density at radius 3 is 2.18 bits per heavy atom. The Balaban J connectivity index is 3.54. The van der Waals surface area contributed by atoms with Crippen LogP contribution >= 0.6 is 58.0 Å². The van der Waals surface area contributed by atoms with E-state index in [1.54, 1.807) is 0 Å². The molecule has 0 spiro atoms. The minimum atomic E-state index is -1.98. The van der Waals surface area contributed by atoms with Gasteiger partial charge in [-0.15, -0.1) is 0 Å². The number of alkyl halides is 3. The number of rotatable bonds is 1. The van der Waals surface area contributed by atoms with Crippen LogP contribution in [-0.4, -0.2) is 11.0 Å². The standard InChI is InChI=1S/C8H4Cl5NO3/c1-2(15)17-5-3(9)6(8(11,12)13)14-7(16)4(5)10/h1H3,(H,14,16). The first-order valence-corrected chi connectivity index (χ1v) is 5.90. The summed E-state index contributed by atoms with van der Waals surface area (Å²) in [4.78, 5) is 24.5. The van der Waals surface area contributed by atoms with Gasteiger partial charge in [0.1, 0.15) is 10.0 Å². The molecule has 1 aromatic heterocycles. The molecular weight excluding hydrogens is 335 g/mol. The highest BCUT2D eigenvalue weighted by Gasteiger charge is 2.31. The van der Waals surface area contributed by atoms with Gasteiger partial charge in [-0.1, -0.05) is 58.0 Å². The molecule has 4 nitrogen and oxygen atoms in total. The molecule has 0 unspecified atom stereocenters. The normalized spacial score (nSPS) is 11.4. The third kappa shape index (κ3) is 3.42. The minimum absolute atomic E-state index is 0.227. The summed E-state index contributed by atoms with van der Waals surface area (Å²) in [6.45, 7) is 1.11. The Bertz CT molecular complexity index is 519. The van der Waals surface area contributed by atoms with Crippen LogP contribution in [0.2, 0.25) is 10.0 Å². The van der Waals surface area contributed by atoms with E-state index in [1.807, 2.05) is 0 Å². The summed E-state index contributed by atoms with van der Waals surface area (Å²) in [5.74, 6) is -1.06. The largest absolute Gasteiger partial charge is 0.423 e. The third-order valence-electron chi connectivity index (χ3n) is 1.59. The van der Waals surface area contributed by atoms with Gasteiger partial charge in [0, 0.05) is 6.92 Å². The smallest absolute Gasteiger partial charge is 0.308 e. The monoisotopic (exact) mass is 337 g/mol. The van der Waals surface area contributed by atoms with E-state index in [9.17, 15) is 9.59 Å². The molecule has 0 atom stereocenters. The van der Waals surface area contributed by atoms with Crippen LogP contribution < -0.4 is 10.3 Å². The predicted octanol–water partition coefficient (Wildman–Crippen LogP) is 3.43. The Morgan fingerprint density at radius 2 is 1.76 bits per heavy atom. The third-order valence-corrected chi connectivity index (χ3v) is 2.86. The fraction of sp³-hybridized carbons (Fsp3) is 0.250. The van der Waals surface area contributed by atoms with Crippen molar-refractivity contribution in [2.45, 2.75) is 10.7 Å². The zero-order chi connectivity index (χ0) is 13.4. The molecule has 0 radical (unpaired) electrons. The van der Waals surface area contributed by atoms with Gasteiger partial charge in [0.15, 0.2) is 5.75 Å². The first-order valence-electron chi connectivity index (χ1n) is 4.01. The van der Waals surface area contributed by atoms with E-state index in [1.165, 1.54) is 0 Å². The molecule has 0 aliphatic heterocycles. The maximum atomic E-state index is 11.4. The molecule has 0 saturated heterocycles. The molecule has 0 saturated carbocycles. The second-order valence-corrected chi connectivity index (χ2v) is 5.91. The fourth-order valence-electron chi connectivity index (χ4n) is 0.965. The zero-order valence-corrected chi connectivity index (χ0v) is 11.9. The van der Waals surface area contributed by atoms with Gasteiger partial charge in [0.2, 0.25) is 3.79 Å². The number of pyridine rings is 1. The van der Waals surface area contributed by atoms with Gasteiger partial charge in [0.25, 0.3) is 5.56 Å². The lowest BCUT2D eigenvalue weighted by molar-refractivity contribution is -0.131. The van der Waals surface area contributed by atoms with Crippen LogP contribution in [0.5, 0.6) is 5.75 Å². The SMILES string of the molecule is CC(=O)Oc1c(Cl)c(C(Cl)(Cl)Cl)[nH]c(=O)c1Cl. The van der Waals surface area contributed by atoms with Crippen LogP contribution in [0.1, 0.15) is 12.6 Å². The van der Waals surface area contributed by atoms with E-state index in [4.69, 9.17) is 62.7 Å². The van der Waals surface area contributed by atoms with E-state index < -0.39 is 20.3 Å². The van der Waals surface area contributed by atoms with Crippen molar-refractivity contribution in [3.63, 3.8) is 0 Å². The lowest BCUT2D eigenvalue weighted by Crippen LogP contribution is -2.18. The number of esters is 1. The van der Waals surface area contributed by atoms with E-state index in [-0.39, 0.29) is 16.5 Å². The molecule has 1 heterocycles. The number of halogens is 5. The van der Waals surface area contributed by atoms with E-state index in [0.29, 0.717) is 0 Å². The molecule has 0 aliphatic carbocycles. The van der Waals surface area contributed by atoms with Crippen LogP contribution in [0.3, 0.4) is 0 Å². The van der Waals surface area contributed by atoms with Crippen molar-refractivity contribution < 1.29 is 9.53 Å². The number of ether oxygens (including phenoxy) is 1. The number of hydrogen-bond acceptors (Lipinski definition) is 3. The van der Waals surface area contributed by atoms with E-state index in [0.717, 1.165) is 6.92 Å². The Labute approximate surface area is 121 Å². The number of nitrogens with one attached hydrogen (secondary N) is 1. The molecule has 0 aromatic carbocycles. The quantitative estimate of drug-likeness (QED) is 0.630. The highest BCUT2D eigenvalue weighted by molar-refractivity contribution is 6.67. The summed E-state index contributed by atoms with van der Waals surface area (Å²) >= 11 is 28.2. The van der Waals surface area contributed by atoms with Crippen LogP contribution in [0.25, 0.3) is 0 Å². The summed E-state index contributed by atoms with van der Waals surface area (Å²) in [7, 11) is 0. The molecule has 94 valence electrons.